The van der Waals surface area contributed by atoms with E-state index in [9.17, 15) is 20.2 Å². The minimum atomic E-state index is -0.832. The fraction of sp³-hybridized carbons (Fsp3) is 0.320. The summed E-state index contributed by atoms with van der Waals surface area (Å²) in [6.45, 7) is 0. The minimum absolute atomic E-state index is 0.0494. The number of aromatic amines is 1. The van der Waals surface area contributed by atoms with Crippen molar-refractivity contribution in [3.05, 3.63) is 75.5 Å². The number of hydrogen-bond donors (Lipinski definition) is 2. The van der Waals surface area contributed by atoms with Gasteiger partial charge >= 0.3 is 6.16 Å². The molecule has 10 heteroatoms. The first-order valence-electron chi connectivity index (χ1n) is 11.5. The molecule has 1 heterocycles. The van der Waals surface area contributed by atoms with Gasteiger partial charge in [0.1, 0.15) is 17.7 Å². The quantitative estimate of drug-likeness (QED) is 0.208. The molecule has 0 spiro atoms. The number of ether oxygens (including phenoxy) is 2. The van der Waals surface area contributed by atoms with Crippen molar-refractivity contribution in [3.8, 4) is 11.8 Å². The van der Waals surface area contributed by atoms with E-state index in [0.29, 0.717) is 12.8 Å². The molecule has 35 heavy (non-hydrogen) atoms. The predicted molar refractivity (Wildman–Crippen MR) is 126 cm³/mol. The zero-order chi connectivity index (χ0) is 24.4. The molecule has 0 bridgehead atoms. The number of nitro groups is 1. The first kappa shape index (κ1) is 22.4. The number of rotatable bonds is 6. The van der Waals surface area contributed by atoms with Gasteiger partial charge in [-0.05, 0) is 67.5 Å². The Labute approximate surface area is 201 Å². The van der Waals surface area contributed by atoms with Crippen molar-refractivity contribution in [2.45, 2.75) is 50.0 Å². The highest BCUT2D eigenvalue weighted by Gasteiger charge is 2.31. The van der Waals surface area contributed by atoms with Crippen LogP contribution < -0.4 is 10.1 Å². The monoisotopic (exact) mass is 473 g/mol. The zero-order valence-electron chi connectivity index (χ0n) is 18.8. The van der Waals surface area contributed by atoms with Gasteiger partial charge in [-0.3, -0.25) is 15.2 Å². The Morgan fingerprint density at radius 2 is 2.00 bits per heavy atom. The number of aryl methyl sites for hydroxylation is 1. The van der Waals surface area contributed by atoms with Crippen LogP contribution in [0, 0.1) is 21.4 Å². The van der Waals surface area contributed by atoms with Crippen molar-refractivity contribution >= 4 is 23.3 Å². The van der Waals surface area contributed by atoms with E-state index in [4.69, 9.17) is 9.47 Å². The molecule has 178 valence electrons. The van der Waals surface area contributed by atoms with E-state index in [0.717, 1.165) is 42.0 Å². The van der Waals surface area contributed by atoms with Crippen LogP contribution in [0.3, 0.4) is 0 Å². The van der Waals surface area contributed by atoms with E-state index in [-0.39, 0.29) is 29.4 Å². The number of nitriles is 1. The number of nitrogens with zero attached hydrogens (tertiary/aromatic N) is 3. The van der Waals surface area contributed by atoms with Crippen LogP contribution in [0.5, 0.6) is 5.75 Å². The molecule has 0 aliphatic heterocycles. The average Bonchev–Trinajstić information content (AvgIpc) is 3.59. The fourth-order valence-electron chi connectivity index (χ4n) is 4.79. The molecule has 0 saturated heterocycles. The summed E-state index contributed by atoms with van der Waals surface area (Å²) >= 11 is 0. The van der Waals surface area contributed by atoms with Gasteiger partial charge in [-0.25, -0.2) is 4.79 Å². The molecule has 2 N–H and O–H groups in total. The molecule has 0 amide bonds. The van der Waals surface area contributed by atoms with Gasteiger partial charge in [0.2, 0.25) is 0 Å². The Morgan fingerprint density at radius 3 is 2.77 bits per heavy atom. The van der Waals surface area contributed by atoms with Gasteiger partial charge < -0.3 is 14.8 Å². The van der Waals surface area contributed by atoms with Crippen LogP contribution in [0.4, 0.5) is 22.0 Å². The smallest absolute Gasteiger partial charge is 0.431 e. The highest BCUT2D eigenvalue weighted by molar-refractivity contribution is 5.64. The van der Waals surface area contributed by atoms with E-state index in [2.05, 4.69) is 27.6 Å². The topological polar surface area (TPSA) is 143 Å². The van der Waals surface area contributed by atoms with Gasteiger partial charge in [-0.1, -0.05) is 6.07 Å². The second-order valence-corrected chi connectivity index (χ2v) is 8.82. The summed E-state index contributed by atoms with van der Waals surface area (Å²) in [4.78, 5) is 22.3. The van der Waals surface area contributed by atoms with E-state index in [1.165, 1.54) is 29.8 Å². The number of carbonyl (C=O) groups excluding carboxylic acids is 1. The van der Waals surface area contributed by atoms with E-state index in [1.54, 1.807) is 0 Å². The maximum Gasteiger partial charge on any atom is 0.514 e. The van der Waals surface area contributed by atoms with Crippen LogP contribution in [-0.2, 0) is 11.2 Å². The molecule has 0 radical (unpaired) electrons. The Balaban J connectivity index is 1.14. The van der Waals surface area contributed by atoms with Crippen molar-refractivity contribution in [1.29, 1.82) is 5.26 Å². The number of non-ortho nitro benzene ring substituents is 1. The summed E-state index contributed by atoms with van der Waals surface area (Å²) in [6, 6.07) is 15.7. The summed E-state index contributed by atoms with van der Waals surface area (Å²) in [7, 11) is 0. The van der Waals surface area contributed by atoms with Crippen molar-refractivity contribution < 1.29 is 19.2 Å². The van der Waals surface area contributed by atoms with Crippen LogP contribution in [0.2, 0.25) is 0 Å². The lowest BCUT2D eigenvalue weighted by molar-refractivity contribution is -0.384. The summed E-state index contributed by atoms with van der Waals surface area (Å²) in [6.07, 6.45) is 2.82. The largest absolute Gasteiger partial charge is 0.514 e. The van der Waals surface area contributed by atoms with Crippen molar-refractivity contribution in [2.24, 2.45) is 0 Å². The maximum atomic E-state index is 12.1. The third-order valence-corrected chi connectivity index (χ3v) is 6.57. The van der Waals surface area contributed by atoms with Crippen LogP contribution in [0.1, 0.15) is 54.3 Å². The fourth-order valence-corrected chi connectivity index (χ4v) is 4.79. The Morgan fingerprint density at radius 1 is 1.17 bits per heavy atom. The number of benzene rings is 2. The lowest BCUT2D eigenvalue weighted by Crippen LogP contribution is -2.18. The number of nitrogens with one attached hydrogen (secondary N) is 2. The summed E-state index contributed by atoms with van der Waals surface area (Å²) in [5.74, 6) is 1.03. The zero-order valence-corrected chi connectivity index (χ0v) is 18.8. The number of nitro benzene ring substituents is 1. The molecule has 10 nitrogen and oxygen atoms in total. The van der Waals surface area contributed by atoms with Crippen molar-refractivity contribution in [3.63, 3.8) is 0 Å². The van der Waals surface area contributed by atoms with Gasteiger partial charge in [0.25, 0.3) is 5.69 Å². The third-order valence-electron chi connectivity index (χ3n) is 6.57. The first-order valence-corrected chi connectivity index (χ1v) is 11.5. The third kappa shape index (κ3) is 4.94. The number of carbonyl (C=O) groups is 1. The van der Waals surface area contributed by atoms with Crippen LogP contribution in [0.15, 0.2) is 48.5 Å². The lowest BCUT2D eigenvalue weighted by Gasteiger charge is -2.12. The van der Waals surface area contributed by atoms with Gasteiger partial charge in [0.05, 0.1) is 22.6 Å². The highest BCUT2D eigenvalue weighted by Crippen LogP contribution is 2.37. The number of hydrogen-bond acceptors (Lipinski definition) is 8. The number of anilines is 2. The van der Waals surface area contributed by atoms with E-state index < -0.39 is 11.1 Å². The molecule has 5 rings (SSSR count). The lowest BCUT2D eigenvalue weighted by atomic mass is 10.0. The molecule has 1 saturated carbocycles. The Kier molecular flexibility index (Phi) is 6.06. The van der Waals surface area contributed by atoms with Crippen molar-refractivity contribution in [1.82, 2.24) is 10.2 Å². The van der Waals surface area contributed by atoms with Gasteiger partial charge in [-0.15, -0.1) is 0 Å². The average molecular weight is 473 g/mol. The van der Waals surface area contributed by atoms with Gasteiger partial charge in [0, 0.05) is 29.8 Å². The van der Waals surface area contributed by atoms with E-state index in [1.807, 2.05) is 18.2 Å². The second-order valence-electron chi connectivity index (χ2n) is 8.82. The molecule has 2 aromatic carbocycles. The SMILES string of the molecule is N#CC1CCc2ccc(Nc3cc([C@H]4CC[C@@H](OC(=O)Oc5ccc([N+](=O)[O-])cc5)C4)n[nH]3)cc21. The second kappa shape index (κ2) is 9.46. The molecule has 1 fully saturated rings. The van der Waals surface area contributed by atoms with Gasteiger partial charge in [-0.2, -0.15) is 10.4 Å². The van der Waals surface area contributed by atoms with Crippen molar-refractivity contribution in [2.75, 3.05) is 5.32 Å². The minimum Gasteiger partial charge on any atom is -0.431 e. The Bertz CT molecular complexity index is 1300. The summed E-state index contributed by atoms with van der Waals surface area (Å²) < 4.78 is 10.6. The number of fused-ring (bicyclic) bond motifs is 1. The van der Waals surface area contributed by atoms with Crippen LogP contribution in [-0.4, -0.2) is 27.4 Å². The molecular formula is C25H23N5O5. The molecule has 3 aromatic rings. The normalized spacial score (nSPS) is 20.6. The first-order chi connectivity index (χ1) is 17.0. The number of aromatic nitrogens is 2. The number of H-pyrrole nitrogens is 1. The molecular weight excluding hydrogens is 450 g/mol. The van der Waals surface area contributed by atoms with Crippen LogP contribution in [0.25, 0.3) is 0 Å². The molecule has 1 unspecified atom stereocenters. The molecule has 1 aromatic heterocycles. The summed E-state index contributed by atoms with van der Waals surface area (Å²) in [5, 5.41) is 30.9. The van der Waals surface area contributed by atoms with Crippen LogP contribution >= 0.6 is 0 Å². The maximum absolute atomic E-state index is 12.1. The highest BCUT2D eigenvalue weighted by atomic mass is 16.7. The van der Waals surface area contributed by atoms with Gasteiger partial charge in [0.15, 0.2) is 0 Å². The Hall–Kier alpha value is -4.39. The predicted octanol–water partition coefficient (Wildman–Crippen LogP) is 5.47. The molecule has 2 aliphatic carbocycles. The van der Waals surface area contributed by atoms with E-state index >= 15 is 0 Å². The summed E-state index contributed by atoms with van der Waals surface area (Å²) in [5.41, 5.74) is 4.03. The molecule has 3 atom stereocenters. The standard InChI is InChI=1S/C25H23N5O5/c26-14-17-2-1-15-3-5-18(12-22(15)17)27-24-13-23(28-29-24)16-4-8-21(11-16)35-25(31)34-20-9-6-19(7-10-20)30(32)33/h3,5-7,9-10,12-13,16-17,21H,1-2,4,8,11H2,(H2,27,28,29)/t16-,17?,21+/m0/s1. The molecule has 2 aliphatic rings.